The summed E-state index contributed by atoms with van der Waals surface area (Å²) in [4.78, 5) is 8.58. The monoisotopic (exact) mass is 372 g/mol. The van der Waals surface area contributed by atoms with Crippen LogP contribution in [-0.2, 0) is 9.84 Å². The number of aromatic nitrogens is 4. The van der Waals surface area contributed by atoms with Crippen LogP contribution in [0.5, 0.6) is 5.88 Å². The van der Waals surface area contributed by atoms with Gasteiger partial charge in [-0.25, -0.2) is 17.9 Å². The number of furan rings is 1. The van der Waals surface area contributed by atoms with Crippen molar-refractivity contribution in [2.45, 2.75) is 6.42 Å². The number of rotatable bonds is 6. The molecule has 0 fully saturated rings. The van der Waals surface area contributed by atoms with Crippen LogP contribution in [0.4, 0.5) is 0 Å². The Morgan fingerprint density at radius 3 is 2.92 bits per heavy atom. The van der Waals surface area contributed by atoms with E-state index >= 15 is 0 Å². The summed E-state index contributed by atoms with van der Waals surface area (Å²) in [5.74, 6) is 1.07. The second kappa shape index (κ2) is 6.41. The third-order valence-corrected chi connectivity index (χ3v) is 4.82. The normalized spacial score (nSPS) is 12.0. The maximum Gasteiger partial charge on any atom is 0.231 e. The van der Waals surface area contributed by atoms with Crippen molar-refractivity contribution in [1.29, 1.82) is 0 Å². The lowest BCUT2D eigenvalue weighted by atomic mass is 10.3. The molecule has 0 aliphatic carbocycles. The van der Waals surface area contributed by atoms with E-state index in [1.54, 1.807) is 29.0 Å². The van der Waals surface area contributed by atoms with Crippen molar-refractivity contribution in [2.24, 2.45) is 0 Å². The summed E-state index contributed by atoms with van der Waals surface area (Å²) in [6.45, 7) is 0.268. The molecular formula is C17H16N4O4S. The predicted molar refractivity (Wildman–Crippen MR) is 95.8 cm³/mol. The number of nitrogens with zero attached hydrogens (tertiary/aromatic N) is 4. The number of imidazole rings is 1. The van der Waals surface area contributed by atoms with Gasteiger partial charge in [-0.15, -0.1) is 5.10 Å². The van der Waals surface area contributed by atoms with Crippen molar-refractivity contribution >= 4 is 26.6 Å². The van der Waals surface area contributed by atoms with Crippen molar-refractivity contribution in [3.8, 4) is 17.3 Å². The van der Waals surface area contributed by atoms with Crippen LogP contribution in [0.25, 0.3) is 28.2 Å². The lowest BCUT2D eigenvalue weighted by molar-refractivity contribution is 0.301. The Hall–Kier alpha value is -2.94. The van der Waals surface area contributed by atoms with Gasteiger partial charge in [0.05, 0.1) is 18.6 Å². The molecule has 134 valence electrons. The van der Waals surface area contributed by atoms with Crippen LogP contribution in [0.2, 0.25) is 0 Å². The fourth-order valence-electron chi connectivity index (χ4n) is 2.60. The number of hydrogen-bond acceptors (Lipinski definition) is 7. The number of ether oxygens (including phenoxy) is 1. The molecule has 0 N–H and O–H groups in total. The summed E-state index contributed by atoms with van der Waals surface area (Å²) >= 11 is 0. The summed E-state index contributed by atoms with van der Waals surface area (Å²) < 4.78 is 35.3. The number of pyridine rings is 1. The maximum absolute atomic E-state index is 11.2. The molecule has 0 spiro atoms. The summed E-state index contributed by atoms with van der Waals surface area (Å²) in [7, 11) is -2.99. The predicted octanol–water partition coefficient (Wildman–Crippen LogP) is 2.35. The largest absolute Gasteiger partial charge is 0.477 e. The van der Waals surface area contributed by atoms with Crippen LogP contribution in [-0.4, -0.2) is 46.6 Å². The first-order valence-corrected chi connectivity index (χ1v) is 10.1. The first-order chi connectivity index (χ1) is 12.5. The highest BCUT2D eigenvalue weighted by atomic mass is 32.2. The van der Waals surface area contributed by atoms with E-state index in [-0.39, 0.29) is 12.4 Å². The van der Waals surface area contributed by atoms with Crippen molar-refractivity contribution in [3.05, 3.63) is 42.7 Å². The number of sulfone groups is 1. The zero-order valence-corrected chi connectivity index (χ0v) is 14.8. The summed E-state index contributed by atoms with van der Waals surface area (Å²) in [6, 6.07) is 8.97. The molecule has 4 aromatic rings. The van der Waals surface area contributed by atoms with E-state index in [0.29, 0.717) is 35.0 Å². The quantitative estimate of drug-likeness (QED) is 0.479. The molecule has 0 aliphatic rings. The Balaban J connectivity index is 1.60. The third kappa shape index (κ3) is 3.38. The lowest BCUT2D eigenvalue weighted by Gasteiger charge is -2.05. The summed E-state index contributed by atoms with van der Waals surface area (Å²) in [6.07, 6.45) is 4.99. The van der Waals surface area contributed by atoms with E-state index in [9.17, 15) is 8.42 Å². The van der Waals surface area contributed by atoms with E-state index in [2.05, 4.69) is 15.1 Å². The zero-order chi connectivity index (χ0) is 18.1. The average molecular weight is 372 g/mol. The Morgan fingerprint density at radius 1 is 1.23 bits per heavy atom. The Labute approximate surface area is 149 Å². The van der Waals surface area contributed by atoms with Crippen LogP contribution < -0.4 is 4.74 Å². The molecule has 4 heterocycles. The average Bonchev–Trinajstić information content (AvgIpc) is 3.21. The minimum Gasteiger partial charge on any atom is -0.477 e. The van der Waals surface area contributed by atoms with Crippen LogP contribution in [0.3, 0.4) is 0 Å². The van der Waals surface area contributed by atoms with E-state index in [1.165, 1.54) is 6.26 Å². The van der Waals surface area contributed by atoms with Gasteiger partial charge in [-0.2, -0.15) is 0 Å². The van der Waals surface area contributed by atoms with E-state index in [4.69, 9.17) is 9.15 Å². The van der Waals surface area contributed by atoms with Gasteiger partial charge in [-0.05, 0) is 24.6 Å². The highest BCUT2D eigenvalue weighted by Gasteiger charge is 2.13. The minimum atomic E-state index is -2.99. The molecule has 26 heavy (non-hydrogen) atoms. The molecule has 0 aliphatic heterocycles. The van der Waals surface area contributed by atoms with Gasteiger partial charge in [-0.1, -0.05) is 0 Å². The van der Waals surface area contributed by atoms with Crippen LogP contribution in [0, 0.1) is 0 Å². The summed E-state index contributed by atoms with van der Waals surface area (Å²) in [5, 5.41) is 4.42. The highest BCUT2D eigenvalue weighted by molar-refractivity contribution is 7.90. The first-order valence-electron chi connectivity index (χ1n) is 8.00. The molecule has 4 aromatic heterocycles. The van der Waals surface area contributed by atoms with Gasteiger partial charge in [0.2, 0.25) is 5.88 Å². The molecule has 0 bridgehead atoms. The molecule has 0 aromatic carbocycles. The molecule has 0 saturated carbocycles. The maximum atomic E-state index is 11.2. The molecule has 0 radical (unpaired) electrons. The van der Waals surface area contributed by atoms with Gasteiger partial charge in [0, 0.05) is 24.6 Å². The number of fused-ring (bicyclic) bond motifs is 2. The molecule has 0 saturated heterocycles. The molecule has 0 unspecified atom stereocenters. The topological polar surface area (TPSA) is 99.6 Å². The van der Waals surface area contributed by atoms with Gasteiger partial charge in [0.25, 0.3) is 0 Å². The van der Waals surface area contributed by atoms with Crippen molar-refractivity contribution in [2.75, 3.05) is 18.6 Å². The molecule has 9 heteroatoms. The van der Waals surface area contributed by atoms with Crippen molar-refractivity contribution < 1.29 is 17.6 Å². The van der Waals surface area contributed by atoms with Gasteiger partial charge in [0.1, 0.15) is 21.0 Å². The van der Waals surface area contributed by atoms with E-state index in [1.807, 2.05) is 18.2 Å². The Bertz CT molecular complexity index is 1150. The second-order valence-corrected chi connectivity index (χ2v) is 8.17. The molecule has 0 atom stereocenters. The zero-order valence-electron chi connectivity index (χ0n) is 14.0. The molecular weight excluding hydrogens is 356 g/mol. The molecule has 8 nitrogen and oxygen atoms in total. The van der Waals surface area contributed by atoms with E-state index < -0.39 is 9.84 Å². The first kappa shape index (κ1) is 16.5. The smallest absolute Gasteiger partial charge is 0.231 e. The van der Waals surface area contributed by atoms with Crippen LogP contribution >= 0.6 is 0 Å². The van der Waals surface area contributed by atoms with Gasteiger partial charge in [-0.3, -0.25) is 4.98 Å². The van der Waals surface area contributed by atoms with Crippen LogP contribution in [0.15, 0.2) is 47.1 Å². The molecule has 4 rings (SSSR count). The van der Waals surface area contributed by atoms with E-state index in [0.717, 1.165) is 5.52 Å². The molecule has 0 amide bonds. The highest BCUT2D eigenvalue weighted by Crippen LogP contribution is 2.27. The standard InChI is InChI=1S/C17H16N4O4S/c1-26(22,23)9-3-8-24-17-6-5-16-19-11-13(21(16)20-17)15-10-12-14(25-15)4-2-7-18-12/h2,4-7,10-11H,3,8-9H2,1H3. The van der Waals surface area contributed by atoms with Gasteiger partial charge in [0.15, 0.2) is 17.0 Å². The van der Waals surface area contributed by atoms with Gasteiger partial charge >= 0.3 is 0 Å². The third-order valence-electron chi connectivity index (χ3n) is 3.79. The van der Waals surface area contributed by atoms with Crippen molar-refractivity contribution in [3.63, 3.8) is 0 Å². The fourth-order valence-corrected chi connectivity index (χ4v) is 3.24. The van der Waals surface area contributed by atoms with Gasteiger partial charge < -0.3 is 9.15 Å². The SMILES string of the molecule is CS(=O)(=O)CCCOc1ccc2ncc(-c3cc4ncccc4o3)n2n1. The summed E-state index contributed by atoms with van der Waals surface area (Å²) in [5.41, 5.74) is 2.77. The Kier molecular flexibility index (Phi) is 4.08. The minimum absolute atomic E-state index is 0.0809. The lowest BCUT2D eigenvalue weighted by Crippen LogP contribution is -2.09. The van der Waals surface area contributed by atoms with Crippen molar-refractivity contribution in [1.82, 2.24) is 19.6 Å². The number of hydrogen-bond donors (Lipinski definition) is 0. The van der Waals surface area contributed by atoms with Crippen LogP contribution in [0.1, 0.15) is 6.42 Å². The Morgan fingerprint density at radius 2 is 2.12 bits per heavy atom. The second-order valence-electron chi connectivity index (χ2n) is 5.91. The fraction of sp³-hybridized carbons (Fsp3) is 0.235.